The van der Waals surface area contributed by atoms with Gasteiger partial charge in [0, 0.05) is 63.3 Å². The zero-order valence-electron chi connectivity index (χ0n) is 22.3. The molecule has 1 amide bonds. The van der Waals surface area contributed by atoms with Crippen LogP contribution in [0.4, 0.5) is 5.95 Å². The van der Waals surface area contributed by atoms with Crippen LogP contribution in [0.5, 0.6) is 0 Å². The van der Waals surface area contributed by atoms with Crippen LogP contribution in [0.15, 0.2) is 50.2 Å². The number of hydrogen-bond donors (Lipinski definition) is 3. The van der Waals surface area contributed by atoms with E-state index in [1.165, 1.54) is 11.8 Å². The molecule has 0 aliphatic carbocycles. The Morgan fingerprint density at radius 3 is 2.53 bits per heavy atom. The Labute approximate surface area is 218 Å². The van der Waals surface area contributed by atoms with E-state index in [-0.39, 0.29) is 5.91 Å². The van der Waals surface area contributed by atoms with Gasteiger partial charge in [-0.15, -0.1) is 0 Å². The van der Waals surface area contributed by atoms with Crippen LogP contribution in [0.25, 0.3) is 0 Å². The number of aromatic nitrogens is 2. The number of ether oxygens (including phenoxy) is 1. The Balaban J connectivity index is 0.00000222. The van der Waals surface area contributed by atoms with Crippen LogP contribution in [0, 0.1) is 0 Å². The normalized spacial score (nSPS) is 14.7. The predicted octanol–water partition coefficient (Wildman–Crippen LogP) is 2.35. The van der Waals surface area contributed by atoms with Gasteiger partial charge in [-0.05, 0) is 31.2 Å². The maximum absolute atomic E-state index is 12.5. The van der Waals surface area contributed by atoms with E-state index in [2.05, 4.69) is 36.0 Å². The minimum atomic E-state index is -0.0676. The fourth-order valence-corrected chi connectivity index (χ4v) is 4.13. The van der Waals surface area contributed by atoms with Gasteiger partial charge >= 0.3 is 0 Å². The summed E-state index contributed by atoms with van der Waals surface area (Å²) in [6.45, 7) is 13.5. The number of morpholine rings is 1. The summed E-state index contributed by atoms with van der Waals surface area (Å²) in [6.07, 6.45) is 0. The molecule has 0 unspecified atom stereocenters. The highest BCUT2D eigenvalue weighted by molar-refractivity contribution is 7.99. The molecule has 3 N–H and O–H groups in total. The molecule has 10 nitrogen and oxygen atoms in total. The van der Waals surface area contributed by atoms with Gasteiger partial charge in [0.2, 0.25) is 5.95 Å². The van der Waals surface area contributed by atoms with Gasteiger partial charge in [0.05, 0.1) is 13.2 Å². The van der Waals surface area contributed by atoms with Crippen molar-refractivity contribution in [3.05, 3.63) is 41.4 Å². The van der Waals surface area contributed by atoms with Crippen LogP contribution in [-0.2, 0) is 11.8 Å². The Hall–Kier alpha value is -2.73. The van der Waals surface area contributed by atoms with Gasteiger partial charge in [0.15, 0.2) is 0 Å². The quantitative estimate of drug-likeness (QED) is 0.203. The van der Waals surface area contributed by atoms with E-state index >= 15 is 0 Å². The molecule has 3 rings (SSSR count). The molecule has 0 saturated carbocycles. The molecule has 1 saturated heterocycles. The number of amidine groups is 1. The highest BCUT2D eigenvalue weighted by Gasteiger charge is 2.12. The molecule has 0 bridgehead atoms. The van der Waals surface area contributed by atoms with Crippen LogP contribution in [0.1, 0.15) is 38.1 Å². The Morgan fingerprint density at radius 2 is 1.89 bits per heavy atom. The molecular weight excluding hydrogens is 476 g/mol. The first-order valence-electron chi connectivity index (χ1n) is 12.4. The molecule has 11 heteroatoms. The number of rotatable bonds is 9. The Bertz CT molecular complexity index is 1050. The van der Waals surface area contributed by atoms with Gasteiger partial charge < -0.3 is 15.5 Å². The van der Waals surface area contributed by atoms with Crippen LogP contribution >= 0.6 is 11.8 Å². The van der Waals surface area contributed by atoms with Crippen molar-refractivity contribution in [2.24, 2.45) is 17.0 Å². The number of benzene rings is 1. The summed E-state index contributed by atoms with van der Waals surface area (Å²) in [5.74, 6) is 1.19. The second-order valence-electron chi connectivity index (χ2n) is 7.72. The minimum Gasteiger partial charge on any atom is -0.379 e. The summed E-state index contributed by atoms with van der Waals surface area (Å²) in [5.41, 5.74) is 7.46. The van der Waals surface area contributed by atoms with Crippen LogP contribution < -0.4 is 21.7 Å². The number of amides is 1. The fourth-order valence-electron chi connectivity index (χ4n) is 3.33. The van der Waals surface area contributed by atoms with E-state index in [0.717, 1.165) is 54.8 Å². The van der Waals surface area contributed by atoms with E-state index in [1.54, 1.807) is 7.05 Å². The summed E-state index contributed by atoms with van der Waals surface area (Å²) < 4.78 is 7.19. The highest BCUT2D eigenvalue weighted by Crippen LogP contribution is 2.26. The molecule has 198 valence electrons. The predicted molar refractivity (Wildman–Crippen MR) is 146 cm³/mol. The van der Waals surface area contributed by atoms with Crippen molar-refractivity contribution in [3.63, 3.8) is 0 Å². The number of nitrogens with zero attached hydrogens (tertiary/aromatic N) is 5. The number of carbonyl (C=O) groups is 1. The third-order valence-electron chi connectivity index (χ3n) is 5.21. The van der Waals surface area contributed by atoms with Gasteiger partial charge in [-0.3, -0.25) is 19.3 Å². The molecule has 2 heterocycles. The molecule has 0 spiro atoms. The lowest BCUT2D eigenvalue weighted by atomic mass is 10.2. The second kappa shape index (κ2) is 16.1. The third kappa shape index (κ3) is 9.38. The van der Waals surface area contributed by atoms with Gasteiger partial charge in [-0.2, -0.15) is 4.99 Å². The number of carbonyl (C=O) groups excluding carboxylic acids is 1. The molecule has 0 atom stereocenters. The van der Waals surface area contributed by atoms with Gasteiger partial charge in [-0.25, -0.2) is 10.4 Å². The molecule has 1 aromatic heterocycles. The average molecular weight is 517 g/mol. The molecule has 2 aromatic rings. The Morgan fingerprint density at radius 1 is 1.19 bits per heavy atom. The average Bonchev–Trinajstić information content (AvgIpc) is 2.91. The van der Waals surface area contributed by atoms with Crippen molar-refractivity contribution >= 4 is 29.5 Å². The summed E-state index contributed by atoms with van der Waals surface area (Å²) in [5, 5.41) is 3.77. The monoisotopic (exact) mass is 516 g/mol. The zero-order chi connectivity index (χ0) is 26.3. The zero-order valence-corrected chi connectivity index (χ0v) is 23.1. The van der Waals surface area contributed by atoms with Crippen LogP contribution in [-0.4, -0.2) is 79.2 Å². The third-order valence-corrected chi connectivity index (χ3v) is 6.13. The lowest BCUT2D eigenvalue weighted by Gasteiger charge is -2.26. The van der Waals surface area contributed by atoms with E-state index in [1.807, 2.05) is 69.6 Å². The standard InChI is InChI=1S/C23H34N8O2S.C2H6/c1-5-26-29-17(2)27-23-28-21(16-20(24-3)30(23)4)34-19-8-6-18(7-9-19)22(32)25-10-11-31-12-14-33-15-13-31;1-2/h6-9,16,26H,5,10-15H2,1-4H3,(H,25,32)(H,27,28,29);1-2H3. The van der Waals surface area contributed by atoms with Gasteiger partial charge in [-0.1, -0.05) is 32.5 Å². The van der Waals surface area contributed by atoms with Crippen molar-refractivity contribution < 1.29 is 9.53 Å². The maximum Gasteiger partial charge on any atom is 0.251 e. The number of hydrogen-bond acceptors (Lipinski definition) is 8. The first-order valence-corrected chi connectivity index (χ1v) is 13.2. The first-order chi connectivity index (χ1) is 17.5. The molecular formula is C25H40N8O2S. The summed E-state index contributed by atoms with van der Waals surface area (Å²) >= 11 is 1.50. The van der Waals surface area contributed by atoms with Gasteiger partial charge in [0.25, 0.3) is 5.91 Å². The van der Waals surface area contributed by atoms with Crippen molar-refractivity contribution in [2.75, 3.05) is 53.0 Å². The molecule has 0 radical (unpaired) electrons. The van der Waals surface area contributed by atoms with Crippen molar-refractivity contribution in [1.82, 2.24) is 30.6 Å². The van der Waals surface area contributed by atoms with Crippen molar-refractivity contribution in [2.45, 2.75) is 37.6 Å². The lowest BCUT2D eigenvalue weighted by molar-refractivity contribution is 0.0383. The highest BCUT2D eigenvalue weighted by atomic mass is 32.2. The van der Waals surface area contributed by atoms with Crippen LogP contribution in [0.2, 0.25) is 0 Å². The largest absolute Gasteiger partial charge is 0.379 e. The number of aliphatic imine (C=N–C) groups is 1. The summed E-state index contributed by atoms with van der Waals surface area (Å²) in [4.78, 5) is 29.3. The minimum absolute atomic E-state index is 0.0676. The number of hydrazine groups is 1. The van der Waals surface area contributed by atoms with E-state index in [9.17, 15) is 4.79 Å². The lowest BCUT2D eigenvalue weighted by Crippen LogP contribution is -2.41. The Kier molecular flexibility index (Phi) is 13.2. The molecule has 1 aromatic carbocycles. The summed E-state index contributed by atoms with van der Waals surface area (Å²) in [6, 6.07) is 9.46. The maximum atomic E-state index is 12.5. The van der Waals surface area contributed by atoms with Gasteiger partial charge in [0.1, 0.15) is 16.3 Å². The van der Waals surface area contributed by atoms with E-state index in [4.69, 9.17) is 4.74 Å². The van der Waals surface area contributed by atoms with Crippen LogP contribution in [0.3, 0.4) is 0 Å². The first kappa shape index (κ1) is 29.5. The van der Waals surface area contributed by atoms with E-state index in [0.29, 0.717) is 23.9 Å². The molecule has 1 aliphatic heterocycles. The van der Waals surface area contributed by atoms with E-state index < -0.39 is 0 Å². The molecule has 36 heavy (non-hydrogen) atoms. The summed E-state index contributed by atoms with van der Waals surface area (Å²) in [7, 11) is 3.63. The molecule has 1 fully saturated rings. The SMILES string of the molecule is CC.CCNN/C(C)=N/c1nc(Sc2ccc(C(=O)NCCN3CCOCC3)cc2)cc(=NC)n1C. The van der Waals surface area contributed by atoms with Crippen molar-refractivity contribution in [1.29, 1.82) is 0 Å². The molecule has 1 aliphatic rings. The topological polar surface area (TPSA) is 108 Å². The fraction of sp³-hybridized carbons (Fsp3) is 0.520. The number of nitrogens with one attached hydrogen (secondary N) is 3. The van der Waals surface area contributed by atoms with Crippen molar-refractivity contribution in [3.8, 4) is 0 Å². The second-order valence-corrected chi connectivity index (χ2v) is 8.82. The smallest absolute Gasteiger partial charge is 0.251 e.